The zero-order valence-electron chi connectivity index (χ0n) is 11.7. The van der Waals surface area contributed by atoms with Gasteiger partial charge in [0.15, 0.2) is 0 Å². The Hall–Kier alpha value is -1.91. The van der Waals surface area contributed by atoms with Gasteiger partial charge in [0.2, 0.25) is 0 Å². The van der Waals surface area contributed by atoms with E-state index in [0.29, 0.717) is 24.2 Å². The summed E-state index contributed by atoms with van der Waals surface area (Å²) in [5.74, 6) is -1.21. The van der Waals surface area contributed by atoms with E-state index >= 15 is 0 Å². The van der Waals surface area contributed by atoms with Crippen LogP contribution < -0.4 is 0 Å². The van der Waals surface area contributed by atoms with Crippen molar-refractivity contribution in [1.29, 1.82) is 0 Å². The SMILES string of the molecule is COC(=O)[C@H]1CCCN(C(=O)c2ccc(C)c(F)c2)C1. The summed E-state index contributed by atoms with van der Waals surface area (Å²) in [6.45, 7) is 2.57. The highest BCUT2D eigenvalue weighted by Gasteiger charge is 2.29. The highest BCUT2D eigenvalue weighted by molar-refractivity contribution is 5.94. The Bertz CT molecular complexity index is 530. The fraction of sp³-hybridized carbons (Fsp3) is 0.467. The highest BCUT2D eigenvalue weighted by atomic mass is 19.1. The van der Waals surface area contributed by atoms with E-state index in [0.717, 1.165) is 12.8 Å². The predicted molar refractivity (Wildman–Crippen MR) is 71.8 cm³/mol. The number of rotatable bonds is 2. The van der Waals surface area contributed by atoms with Gasteiger partial charge in [-0.05, 0) is 37.5 Å². The van der Waals surface area contributed by atoms with Gasteiger partial charge in [-0.2, -0.15) is 0 Å². The third-order valence-electron chi connectivity index (χ3n) is 3.66. The Morgan fingerprint density at radius 1 is 1.40 bits per heavy atom. The Morgan fingerprint density at radius 2 is 2.15 bits per heavy atom. The van der Waals surface area contributed by atoms with Gasteiger partial charge < -0.3 is 9.64 Å². The largest absolute Gasteiger partial charge is 0.469 e. The average molecular weight is 279 g/mol. The molecule has 0 spiro atoms. The normalized spacial score (nSPS) is 18.8. The Balaban J connectivity index is 2.12. The number of amides is 1. The maximum Gasteiger partial charge on any atom is 0.310 e. The molecule has 0 radical (unpaired) electrons. The molecular weight excluding hydrogens is 261 g/mol. The van der Waals surface area contributed by atoms with Crippen LogP contribution in [-0.4, -0.2) is 37.0 Å². The molecule has 1 aliphatic heterocycles. The number of halogens is 1. The lowest BCUT2D eigenvalue weighted by Crippen LogP contribution is -2.42. The van der Waals surface area contributed by atoms with Crippen LogP contribution in [0.4, 0.5) is 4.39 Å². The van der Waals surface area contributed by atoms with E-state index in [1.165, 1.54) is 13.2 Å². The first-order chi connectivity index (χ1) is 9.52. The van der Waals surface area contributed by atoms with E-state index in [1.807, 2.05) is 0 Å². The number of hydrogen-bond acceptors (Lipinski definition) is 3. The lowest BCUT2D eigenvalue weighted by molar-refractivity contribution is -0.146. The number of ether oxygens (including phenoxy) is 1. The molecule has 1 aromatic rings. The Kier molecular flexibility index (Phi) is 4.37. The summed E-state index contributed by atoms with van der Waals surface area (Å²) < 4.78 is 18.2. The minimum absolute atomic E-state index is 0.238. The van der Waals surface area contributed by atoms with Crippen LogP contribution in [0, 0.1) is 18.7 Å². The molecule has 4 nitrogen and oxygen atoms in total. The second-order valence-electron chi connectivity index (χ2n) is 5.08. The molecule has 1 atom stereocenters. The van der Waals surface area contributed by atoms with Crippen molar-refractivity contribution >= 4 is 11.9 Å². The number of carbonyl (C=O) groups excluding carboxylic acids is 2. The molecule has 0 saturated carbocycles. The van der Waals surface area contributed by atoms with E-state index in [9.17, 15) is 14.0 Å². The molecular formula is C15H18FNO3. The average Bonchev–Trinajstić information content (AvgIpc) is 2.48. The van der Waals surface area contributed by atoms with Crippen LogP contribution >= 0.6 is 0 Å². The number of aryl methyl sites for hydroxylation is 1. The second kappa shape index (κ2) is 6.03. The molecule has 0 aliphatic carbocycles. The van der Waals surface area contributed by atoms with Crippen LogP contribution in [0.3, 0.4) is 0 Å². The van der Waals surface area contributed by atoms with Gasteiger partial charge in [-0.15, -0.1) is 0 Å². The van der Waals surface area contributed by atoms with Gasteiger partial charge in [-0.25, -0.2) is 4.39 Å². The van der Waals surface area contributed by atoms with Crippen molar-refractivity contribution in [2.75, 3.05) is 20.2 Å². The van der Waals surface area contributed by atoms with Crippen LogP contribution in [0.1, 0.15) is 28.8 Å². The summed E-state index contributed by atoms with van der Waals surface area (Å²) >= 11 is 0. The predicted octanol–water partition coefficient (Wildman–Crippen LogP) is 2.16. The van der Waals surface area contributed by atoms with Crippen molar-refractivity contribution < 1.29 is 18.7 Å². The molecule has 0 bridgehead atoms. The third-order valence-corrected chi connectivity index (χ3v) is 3.66. The Labute approximate surface area is 117 Å². The van der Waals surface area contributed by atoms with Crippen molar-refractivity contribution in [1.82, 2.24) is 4.90 Å². The van der Waals surface area contributed by atoms with E-state index in [1.54, 1.807) is 24.0 Å². The number of esters is 1. The quantitative estimate of drug-likeness (QED) is 0.779. The second-order valence-corrected chi connectivity index (χ2v) is 5.08. The van der Waals surface area contributed by atoms with Crippen molar-refractivity contribution in [3.05, 3.63) is 35.1 Å². The first-order valence-corrected chi connectivity index (χ1v) is 6.66. The fourth-order valence-electron chi connectivity index (χ4n) is 2.43. The fourth-order valence-corrected chi connectivity index (χ4v) is 2.43. The highest BCUT2D eigenvalue weighted by Crippen LogP contribution is 2.20. The van der Waals surface area contributed by atoms with Gasteiger partial charge in [-0.1, -0.05) is 6.07 Å². The van der Waals surface area contributed by atoms with Crippen LogP contribution in [0.2, 0.25) is 0 Å². The van der Waals surface area contributed by atoms with Gasteiger partial charge in [0.1, 0.15) is 5.82 Å². The minimum atomic E-state index is -0.391. The smallest absolute Gasteiger partial charge is 0.310 e. The van der Waals surface area contributed by atoms with Crippen molar-refractivity contribution in [2.45, 2.75) is 19.8 Å². The maximum atomic E-state index is 13.5. The van der Waals surface area contributed by atoms with E-state index in [4.69, 9.17) is 4.74 Å². The lowest BCUT2D eigenvalue weighted by atomic mass is 9.97. The first kappa shape index (κ1) is 14.5. The van der Waals surface area contributed by atoms with Gasteiger partial charge in [-0.3, -0.25) is 9.59 Å². The number of piperidine rings is 1. The lowest BCUT2D eigenvalue weighted by Gasteiger charge is -2.31. The minimum Gasteiger partial charge on any atom is -0.469 e. The van der Waals surface area contributed by atoms with Crippen molar-refractivity contribution in [2.24, 2.45) is 5.92 Å². The molecule has 20 heavy (non-hydrogen) atoms. The summed E-state index contributed by atoms with van der Waals surface area (Å²) in [5.41, 5.74) is 0.825. The molecule has 2 rings (SSSR count). The number of methoxy groups -OCH3 is 1. The molecule has 1 saturated heterocycles. The molecule has 1 aliphatic rings. The maximum absolute atomic E-state index is 13.5. The van der Waals surface area contributed by atoms with E-state index in [-0.39, 0.29) is 17.8 Å². The number of hydrogen-bond donors (Lipinski definition) is 0. The zero-order valence-corrected chi connectivity index (χ0v) is 11.7. The molecule has 1 fully saturated rings. The van der Waals surface area contributed by atoms with Crippen LogP contribution in [-0.2, 0) is 9.53 Å². The summed E-state index contributed by atoms with van der Waals surface area (Å²) in [5, 5.41) is 0. The molecule has 0 aromatic heterocycles. The zero-order chi connectivity index (χ0) is 14.7. The van der Waals surface area contributed by atoms with Gasteiger partial charge >= 0.3 is 5.97 Å². The topological polar surface area (TPSA) is 46.6 Å². The molecule has 5 heteroatoms. The standard InChI is InChI=1S/C15H18FNO3/c1-10-5-6-11(8-13(10)16)14(18)17-7-3-4-12(9-17)15(19)20-2/h5-6,8,12H,3-4,7,9H2,1-2H3/t12-/m0/s1. The molecule has 1 amide bonds. The van der Waals surface area contributed by atoms with Crippen LogP contribution in [0.25, 0.3) is 0 Å². The van der Waals surface area contributed by atoms with E-state index in [2.05, 4.69) is 0 Å². The summed E-state index contributed by atoms with van der Waals surface area (Å²) in [6.07, 6.45) is 1.47. The van der Waals surface area contributed by atoms with Crippen LogP contribution in [0.15, 0.2) is 18.2 Å². The molecule has 108 valence electrons. The number of likely N-dealkylation sites (tertiary alicyclic amines) is 1. The van der Waals surface area contributed by atoms with Gasteiger partial charge in [0, 0.05) is 18.7 Å². The van der Waals surface area contributed by atoms with Crippen molar-refractivity contribution in [3.63, 3.8) is 0 Å². The third kappa shape index (κ3) is 2.98. The molecule has 0 unspecified atom stereocenters. The van der Waals surface area contributed by atoms with Crippen molar-refractivity contribution in [3.8, 4) is 0 Å². The summed E-state index contributed by atoms with van der Waals surface area (Å²) in [4.78, 5) is 25.5. The van der Waals surface area contributed by atoms with Crippen LogP contribution in [0.5, 0.6) is 0 Å². The molecule has 0 N–H and O–H groups in total. The summed E-state index contributed by atoms with van der Waals surface area (Å²) in [7, 11) is 1.35. The van der Waals surface area contributed by atoms with Gasteiger partial charge in [0.05, 0.1) is 13.0 Å². The van der Waals surface area contributed by atoms with Gasteiger partial charge in [0.25, 0.3) is 5.91 Å². The monoisotopic (exact) mass is 279 g/mol. The number of nitrogens with zero attached hydrogens (tertiary/aromatic N) is 1. The summed E-state index contributed by atoms with van der Waals surface area (Å²) in [6, 6.07) is 4.45. The number of carbonyl (C=O) groups is 2. The Morgan fingerprint density at radius 3 is 2.80 bits per heavy atom. The molecule has 1 aromatic carbocycles. The number of benzene rings is 1. The first-order valence-electron chi connectivity index (χ1n) is 6.66. The van der Waals surface area contributed by atoms with E-state index < -0.39 is 5.82 Å². The molecule has 1 heterocycles.